The van der Waals surface area contributed by atoms with Gasteiger partial charge in [-0.05, 0) is 67.6 Å². The zero-order chi connectivity index (χ0) is 24.3. The number of carbonyl (C=O) groups excluding carboxylic acids is 1. The summed E-state index contributed by atoms with van der Waals surface area (Å²) in [5.74, 6) is 1.40. The first-order valence-electron chi connectivity index (χ1n) is 12.6. The molecule has 1 amide bonds. The predicted molar refractivity (Wildman–Crippen MR) is 138 cm³/mol. The number of ether oxygens (including phenoxy) is 2. The number of nitrogens with zero attached hydrogens (tertiary/aromatic N) is 3. The second kappa shape index (κ2) is 10.3. The maximum Gasteiger partial charge on any atom is 0.233 e. The third-order valence-electron chi connectivity index (χ3n) is 7.66. The molecule has 6 nitrogen and oxygen atoms in total. The molecule has 2 aliphatic rings. The second-order valence-corrected chi connectivity index (χ2v) is 10.0. The van der Waals surface area contributed by atoms with Crippen LogP contribution in [0.1, 0.15) is 24.0 Å². The number of hydrogen-bond acceptors (Lipinski definition) is 5. The molecule has 2 aliphatic heterocycles. The van der Waals surface area contributed by atoms with Crippen LogP contribution in [0.25, 0.3) is 10.9 Å². The number of rotatable bonds is 5. The van der Waals surface area contributed by atoms with E-state index in [0.717, 1.165) is 49.4 Å². The summed E-state index contributed by atoms with van der Waals surface area (Å²) in [6, 6.07) is 18.5. The first-order valence-corrected chi connectivity index (χ1v) is 12.6. The molecule has 0 aliphatic carbocycles. The Morgan fingerprint density at radius 1 is 1.09 bits per heavy atom. The Bertz CT molecular complexity index is 1160. The standard InChI is InChI=1S/C29H35N3O3/c1-31-13-14-32(21-23(20-31)17-22-18-24-5-3-4-6-27(24)30-19-22)28(33)29(11-15-35-16-12-29)25-7-9-26(34-2)10-8-25/h3-10,18-19,23H,11-17,20-21H2,1-2H3/t23-/m1/s1. The van der Waals surface area contributed by atoms with Crippen molar-refractivity contribution in [1.82, 2.24) is 14.8 Å². The number of benzene rings is 2. The van der Waals surface area contributed by atoms with E-state index in [-0.39, 0.29) is 5.91 Å². The lowest BCUT2D eigenvalue weighted by Gasteiger charge is -2.40. The number of pyridine rings is 1. The van der Waals surface area contributed by atoms with E-state index in [1.807, 2.05) is 30.5 Å². The summed E-state index contributed by atoms with van der Waals surface area (Å²) in [5, 5.41) is 1.17. The maximum atomic E-state index is 14.3. The van der Waals surface area contributed by atoms with Gasteiger partial charge in [-0.1, -0.05) is 30.3 Å². The molecule has 2 fully saturated rings. The summed E-state index contributed by atoms with van der Waals surface area (Å²) < 4.78 is 11.1. The zero-order valence-corrected chi connectivity index (χ0v) is 20.8. The molecule has 0 saturated carbocycles. The molecule has 3 heterocycles. The van der Waals surface area contributed by atoms with Crippen LogP contribution in [0.3, 0.4) is 0 Å². The fourth-order valence-electron chi connectivity index (χ4n) is 5.72. The van der Waals surface area contributed by atoms with Gasteiger partial charge in [0.15, 0.2) is 0 Å². The lowest BCUT2D eigenvalue weighted by atomic mass is 9.72. The van der Waals surface area contributed by atoms with Gasteiger partial charge in [0.1, 0.15) is 5.75 Å². The van der Waals surface area contributed by atoms with Crippen LogP contribution in [0, 0.1) is 5.92 Å². The van der Waals surface area contributed by atoms with Gasteiger partial charge in [0.25, 0.3) is 0 Å². The molecule has 35 heavy (non-hydrogen) atoms. The van der Waals surface area contributed by atoms with E-state index in [1.165, 1.54) is 10.9 Å². The van der Waals surface area contributed by atoms with Crippen LogP contribution in [-0.4, -0.2) is 74.2 Å². The number of fused-ring (bicyclic) bond motifs is 1. The normalized spacial score (nSPS) is 21.0. The van der Waals surface area contributed by atoms with Crippen molar-refractivity contribution in [2.24, 2.45) is 5.92 Å². The Hall–Kier alpha value is -2.96. The van der Waals surface area contributed by atoms with Gasteiger partial charge >= 0.3 is 0 Å². The van der Waals surface area contributed by atoms with E-state index in [1.54, 1.807) is 7.11 Å². The van der Waals surface area contributed by atoms with Crippen LogP contribution in [-0.2, 0) is 21.4 Å². The topological polar surface area (TPSA) is 54.9 Å². The highest BCUT2D eigenvalue weighted by Crippen LogP contribution is 2.38. The van der Waals surface area contributed by atoms with Crippen molar-refractivity contribution >= 4 is 16.8 Å². The number of carbonyl (C=O) groups is 1. The molecule has 184 valence electrons. The summed E-state index contributed by atoms with van der Waals surface area (Å²) in [5.41, 5.74) is 2.78. The molecule has 0 radical (unpaired) electrons. The Morgan fingerprint density at radius 2 is 1.86 bits per heavy atom. The molecule has 2 aromatic carbocycles. The number of amides is 1. The number of hydrogen-bond donors (Lipinski definition) is 0. The molecule has 1 atom stereocenters. The number of methoxy groups -OCH3 is 1. The molecular weight excluding hydrogens is 438 g/mol. The minimum Gasteiger partial charge on any atom is -0.497 e. The lowest BCUT2D eigenvalue weighted by Crippen LogP contribution is -2.51. The monoisotopic (exact) mass is 473 g/mol. The predicted octanol–water partition coefficient (Wildman–Crippen LogP) is 3.92. The minimum atomic E-state index is -0.539. The quantitative estimate of drug-likeness (QED) is 0.562. The number of para-hydroxylation sites is 1. The highest BCUT2D eigenvalue weighted by Gasteiger charge is 2.44. The number of likely N-dealkylation sites (N-methyl/N-ethyl adjacent to an activating group) is 1. The lowest BCUT2D eigenvalue weighted by molar-refractivity contribution is -0.141. The highest BCUT2D eigenvalue weighted by atomic mass is 16.5. The molecule has 3 aromatic rings. The Kier molecular flexibility index (Phi) is 7.02. The van der Waals surface area contributed by atoms with Crippen LogP contribution >= 0.6 is 0 Å². The minimum absolute atomic E-state index is 0.239. The van der Waals surface area contributed by atoms with E-state index < -0.39 is 5.41 Å². The summed E-state index contributed by atoms with van der Waals surface area (Å²) in [6.45, 7) is 4.58. The molecule has 6 heteroatoms. The van der Waals surface area contributed by atoms with Crippen molar-refractivity contribution in [2.45, 2.75) is 24.7 Å². The molecular formula is C29H35N3O3. The summed E-state index contributed by atoms with van der Waals surface area (Å²) in [7, 11) is 3.83. The number of aromatic nitrogens is 1. The first kappa shape index (κ1) is 23.8. The smallest absolute Gasteiger partial charge is 0.233 e. The average Bonchev–Trinajstić information content (AvgIpc) is 3.09. The highest BCUT2D eigenvalue weighted by molar-refractivity contribution is 5.88. The Morgan fingerprint density at radius 3 is 2.63 bits per heavy atom. The molecule has 0 unspecified atom stereocenters. The van der Waals surface area contributed by atoms with Crippen molar-refractivity contribution in [3.8, 4) is 5.75 Å². The van der Waals surface area contributed by atoms with Gasteiger partial charge in [0.05, 0.1) is 18.0 Å². The van der Waals surface area contributed by atoms with Gasteiger partial charge in [0.2, 0.25) is 5.91 Å². The zero-order valence-electron chi connectivity index (χ0n) is 20.8. The maximum absolute atomic E-state index is 14.3. The van der Waals surface area contributed by atoms with E-state index in [0.29, 0.717) is 32.0 Å². The summed E-state index contributed by atoms with van der Waals surface area (Å²) >= 11 is 0. The molecule has 5 rings (SSSR count). The van der Waals surface area contributed by atoms with Crippen LogP contribution in [0.2, 0.25) is 0 Å². The second-order valence-electron chi connectivity index (χ2n) is 10.0. The molecule has 0 bridgehead atoms. The summed E-state index contributed by atoms with van der Waals surface area (Å²) in [6.07, 6.45) is 4.33. The largest absolute Gasteiger partial charge is 0.497 e. The Labute approximate surface area is 207 Å². The molecule has 1 aromatic heterocycles. The van der Waals surface area contributed by atoms with E-state index in [9.17, 15) is 4.79 Å². The van der Waals surface area contributed by atoms with Crippen LogP contribution in [0.5, 0.6) is 5.75 Å². The van der Waals surface area contributed by atoms with Gasteiger partial charge in [-0.25, -0.2) is 0 Å². The molecule has 2 saturated heterocycles. The first-order chi connectivity index (χ1) is 17.1. The van der Waals surface area contributed by atoms with Crippen LogP contribution in [0.4, 0.5) is 0 Å². The van der Waals surface area contributed by atoms with Crippen molar-refractivity contribution in [2.75, 3.05) is 53.6 Å². The molecule has 0 spiro atoms. The van der Waals surface area contributed by atoms with E-state index in [4.69, 9.17) is 9.47 Å². The van der Waals surface area contributed by atoms with Gasteiger partial charge in [-0.3, -0.25) is 9.78 Å². The van der Waals surface area contributed by atoms with E-state index >= 15 is 0 Å². The average molecular weight is 474 g/mol. The third kappa shape index (κ3) is 5.04. The van der Waals surface area contributed by atoms with Gasteiger partial charge < -0.3 is 19.3 Å². The fourth-order valence-corrected chi connectivity index (χ4v) is 5.72. The Balaban J connectivity index is 1.39. The van der Waals surface area contributed by atoms with Crippen molar-refractivity contribution < 1.29 is 14.3 Å². The summed E-state index contributed by atoms with van der Waals surface area (Å²) in [4.78, 5) is 23.4. The van der Waals surface area contributed by atoms with Crippen LogP contribution < -0.4 is 4.74 Å². The van der Waals surface area contributed by atoms with Gasteiger partial charge in [0, 0.05) is 51.0 Å². The SMILES string of the molecule is COc1ccc(C2(C(=O)N3CCN(C)C[C@@H](Cc4cnc5ccccc5c4)C3)CCOCC2)cc1. The molecule has 0 N–H and O–H groups in total. The van der Waals surface area contributed by atoms with Crippen molar-refractivity contribution in [1.29, 1.82) is 0 Å². The van der Waals surface area contributed by atoms with Crippen LogP contribution in [0.15, 0.2) is 60.8 Å². The third-order valence-corrected chi connectivity index (χ3v) is 7.66. The van der Waals surface area contributed by atoms with E-state index in [2.05, 4.69) is 52.2 Å². The van der Waals surface area contributed by atoms with Gasteiger partial charge in [-0.2, -0.15) is 0 Å². The van der Waals surface area contributed by atoms with Gasteiger partial charge in [-0.15, -0.1) is 0 Å². The fraction of sp³-hybridized carbons (Fsp3) is 0.448. The van der Waals surface area contributed by atoms with Crippen molar-refractivity contribution in [3.05, 3.63) is 71.9 Å². The van der Waals surface area contributed by atoms with Crippen molar-refractivity contribution in [3.63, 3.8) is 0 Å².